The van der Waals surface area contributed by atoms with Crippen molar-refractivity contribution in [2.24, 2.45) is 5.73 Å². The first-order valence-corrected chi connectivity index (χ1v) is 8.72. The maximum atomic E-state index is 5.97. The topological polar surface area (TPSA) is 29.3 Å². The van der Waals surface area contributed by atoms with Crippen molar-refractivity contribution in [2.45, 2.75) is 19.5 Å². The van der Waals surface area contributed by atoms with Crippen LogP contribution in [0, 0.1) is 6.92 Å². The number of thiophene rings is 2. The lowest BCUT2D eigenvalue weighted by Gasteiger charge is -2.25. The van der Waals surface area contributed by atoms with Crippen LogP contribution in [0.2, 0.25) is 4.34 Å². The summed E-state index contributed by atoms with van der Waals surface area (Å²) < 4.78 is 2.00. The molecule has 2 rings (SSSR count). The first-order chi connectivity index (χ1) is 9.01. The Hall–Kier alpha value is 0.0900. The van der Waals surface area contributed by atoms with Gasteiger partial charge in [0.1, 0.15) is 0 Å². The van der Waals surface area contributed by atoms with Gasteiger partial charge in [0.2, 0.25) is 0 Å². The summed E-state index contributed by atoms with van der Waals surface area (Å²) in [6.07, 6.45) is 0. The summed E-state index contributed by atoms with van der Waals surface area (Å²) in [5.41, 5.74) is 5.95. The van der Waals surface area contributed by atoms with Gasteiger partial charge < -0.3 is 5.73 Å². The lowest BCUT2D eigenvalue weighted by molar-refractivity contribution is 0.247. The molecule has 2 nitrogen and oxygen atoms in total. The van der Waals surface area contributed by atoms with E-state index in [1.54, 1.807) is 22.7 Å². The number of nitrogens with zero attached hydrogens (tertiary/aromatic N) is 1. The third-order valence-corrected chi connectivity index (χ3v) is 6.45. The zero-order valence-electron chi connectivity index (χ0n) is 10.8. The van der Waals surface area contributed by atoms with E-state index in [0.29, 0.717) is 6.54 Å². The van der Waals surface area contributed by atoms with Crippen LogP contribution >= 0.6 is 50.2 Å². The van der Waals surface area contributed by atoms with Crippen molar-refractivity contribution < 1.29 is 0 Å². The highest BCUT2D eigenvalue weighted by Crippen LogP contribution is 2.33. The van der Waals surface area contributed by atoms with Crippen molar-refractivity contribution >= 4 is 50.2 Å². The summed E-state index contributed by atoms with van der Waals surface area (Å²) in [5.74, 6) is 0. The molecular weight excluding hydrogens is 364 g/mol. The van der Waals surface area contributed by atoms with E-state index in [1.165, 1.54) is 19.1 Å². The normalized spacial score (nSPS) is 13.2. The first kappa shape index (κ1) is 15.5. The van der Waals surface area contributed by atoms with Gasteiger partial charge in [-0.3, -0.25) is 4.90 Å². The molecule has 1 unspecified atom stereocenters. The van der Waals surface area contributed by atoms with Gasteiger partial charge >= 0.3 is 0 Å². The molecule has 0 aliphatic heterocycles. The molecule has 104 valence electrons. The quantitative estimate of drug-likeness (QED) is 0.818. The summed E-state index contributed by atoms with van der Waals surface area (Å²) in [5, 5.41) is 0. The Kier molecular flexibility index (Phi) is 5.45. The number of hydrogen-bond donors (Lipinski definition) is 1. The average molecular weight is 380 g/mol. The summed E-state index contributed by atoms with van der Waals surface area (Å²) in [7, 11) is 2.11. The fourth-order valence-electron chi connectivity index (χ4n) is 1.95. The van der Waals surface area contributed by atoms with E-state index in [2.05, 4.69) is 46.9 Å². The Morgan fingerprint density at radius 3 is 2.63 bits per heavy atom. The molecule has 2 aromatic rings. The maximum Gasteiger partial charge on any atom is 0.0931 e. The minimum Gasteiger partial charge on any atom is -0.329 e. The molecule has 0 bridgehead atoms. The van der Waals surface area contributed by atoms with Crippen molar-refractivity contribution in [3.05, 3.63) is 41.6 Å². The van der Waals surface area contributed by atoms with Gasteiger partial charge in [0.15, 0.2) is 0 Å². The minimum atomic E-state index is 0.246. The van der Waals surface area contributed by atoms with E-state index in [9.17, 15) is 0 Å². The fourth-order valence-corrected chi connectivity index (χ4v) is 4.84. The predicted octanol–water partition coefficient (Wildman–Crippen LogP) is 4.67. The molecule has 2 heterocycles. The fraction of sp³-hybridized carbons (Fsp3) is 0.385. The Morgan fingerprint density at radius 2 is 2.16 bits per heavy atom. The van der Waals surface area contributed by atoms with Crippen LogP contribution in [-0.4, -0.2) is 18.5 Å². The summed E-state index contributed by atoms with van der Waals surface area (Å²) in [6.45, 7) is 3.60. The molecule has 0 aromatic carbocycles. The van der Waals surface area contributed by atoms with Gasteiger partial charge in [-0.15, -0.1) is 22.7 Å². The van der Waals surface area contributed by atoms with Gasteiger partial charge in [-0.25, -0.2) is 0 Å². The van der Waals surface area contributed by atoms with Crippen LogP contribution in [0.4, 0.5) is 0 Å². The SMILES string of the molecule is Cc1sc(C(CN)N(C)Cc2ccc(Cl)s2)cc1Br. The second-order valence-electron chi connectivity index (χ2n) is 4.43. The highest BCUT2D eigenvalue weighted by Gasteiger charge is 2.19. The van der Waals surface area contributed by atoms with Gasteiger partial charge in [-0.2, -0.15) is 0 Å². The van der Waals surface area contributed by atoms with Crippen LogP contribution in [0.5, 0.6) is 0 Å². The highest BCUT2D eigenvalue weighted by atomic mass is 79.9. The van der Waals surface area contributed by atoms with Crippen LogP contribution in [-0.2, 0) is 6.54 Å². The molecule has 0 fully saturated rings. The Morgan fingerprint density at radius 1 is 1.42 bits per heavy atom. The summed E-state index contributed by atoms with van der Waals surface area (Å²) in [6, 6.07) is 6.44. The van der Waals surface area contributed by atoms with Gasteiger partial charge in [-0.1, -0.05) is 11.6 Å². The molecule has 1 atom stereocenters. The first-order valence-electron chi connectivity index (χ1n) is 5.91. The third kappa shape index (κ3) is 3.80. The second-order valence-corrected chi connectivity index (χ2v) is 8.37. The number of nitrogens with two attached hydrogens (primary N) is 1. The van der Waals surface area contributed by atoms with E-state index in [1.807, 2.05) is 6.07 Å². The number of hydrogen-bond acceptors (Lipinski definition) is 4. The monoisotopic (exact) mass is 378 g/mol. The lowest BCUT2D eigenvalue weighted by Crippen LogP contribution is -2.29. The molecule has 2 N–H and O–H groups in total. The Bertz CT molecular complexity index is 533. The van der Waals surface area contributed by atoms with Crippen molar-refractivity contribution in [3.63, 3.8) is 0 Å². The van der Waals surface area contributed by atoms with E-state index < -0.39 is 0 Å². The van der Waals surface area contributed by atoms with Crippen LogP contribution in [0.3, 0.4) is 0 Å². The number of halogens is 2. The van der Waals surface area contributed by atoms with E-state index in [-0.39, 0.29) is 6.04 Å². The summed E-state index contributed by atoms with van der Waals surface area (Å²) >= 11 is 13.0. The average Bonchev–Trinajstić information content (AvgIpc) is 2.88. The van der Waals surface area contributed by atoms with Crippen LogP contribution in [0.25, 0.3) is 0 Å². The van der Waals surface area contributed by atoms with Gasteiger partial charge in [0.05, 0.1) is 10.4 Å². The second kappa shape index (κ2) is 6.70. The molecule has 0 saturated carbocycles. The van der Waals surface area contributed by atoms with E-state index >= 15 is 0 Å². The highest BCUT2D eigenvalue weighted by molar-refractivity contribution is 9.10. The minimum absolute atomic E-state index is 0.246. The molecule has 0 aliphatic rings. The maximum absolute atomic E-state index is 5.97. The molecule has 19 heavy (non-hydrogen) atoms. The summed E-state index contributed by atoms with van der Waals surface area (Å²) in [4.78, 5) is 6.14. The predicted molar refractivity (Wildman–Crippen MR) is 89.3 cm³/mol. The van der Waals surface area contributed by atoms with Gasteiger partial charge in [0.25, 0.3) is 0 Å². The van der Waals surface area contributed by atoms with E-state index in [4.69, 9.17) is 17.3 Å². The smallest absolute Gasteiger partial charge is 0.0931 e. The molecule has 0 spiro atoms. The number of likely N-dealkylation sites (N-methyl/N-ethyl adjacent to an activating group) is 1. The van der Waals surface area contributed by atoms with E-state index in [0.717, 1.165) is 10.9 Å². The molecule has 0 amide bonds. The van der Waals surface area contributed by atoms with Crippen molar-refractivity contribution in [1.82, 2.24) is 4.90 Å². The van der Waals surface area contributed by atoms with Crippen molar-refractivity contribution in [3.8, 4) is 0 Å². The molecule has 6 heteroatoms. The zero-order chi connectivity index (χ0) is 14.0. The van der Waals surface area contributed by atoms with Crippen molar-refractivity contribution in [2.75, 3.05) is 13.6 Å². The standard InChI is InChI=1S/C13H16BrClN2S2/c1-8-10(14)5-12(18-8)11(6-16)17(2)7-9-3-4-13(15)19-9/h3-5,11H,6-7,16H2,1-2H3. The molecule has 0 aliphatic carbocycles. The van der Waals surface area contributed by atoms with Crippen LogP contribution in [0.15, 0.2) is 22.7 Å². The molecule has 0 radical (unpaired) electrons. The number of rotatable bonds is 5. The number of aryl methyl sites for hydroxylation is 1. The van der Waals surface area contributed by atoms with Crippen LogP contribution < -0.4 is 5.73 Å². The Labute approximate surface area is 135 Å². The Balaban J connectivity index is 2.12. The lowest BCUT2D eigenvalue weighted by atomic mass is 10.2. The largest absolute Gasteiger partial charge is 0.329 e. The van der Waals surface area contributed by atoms with Gasteiger partial charge in [0, 0.05) is 32.2 Å². The zero-order valence-corrected chi connectivity index (χ0v) is 14.8. The third-order valence-electron chi connectivity index (χ3n) is 2.99. The van der Waals surface area contributed by atoms with Crippen molar-refractivity contribution in [1.29, 1.82) is 0 Å². The van der Waals surface area contributed by atoms with Gasteiger partial charge in [-0.05, 0) is 48.1 Å². The molecular formula is C13H16BrClN2S2. The molecule has 0 saturated heterocycles. The molecule has 2 aromatic heterocycles. The van der Waals surface area contributed by atoms with Crippen LogP contribution in [0.1, 0.15) is 20.7 Å².